The molecule has 1 heterocycles. The van der Waals surface area contributed by atoms with Crippen LogP contribution in [0.5, 0.6) is 0 Å². The first-order chi connectivity index (χ1) is 6.25. The molecule has 4 heteroatoms. The molecule has 0 radical (unpaired) electrons. The average Bonchev–Trinajstić information content (AvgIpc) is 2.66. The SMILES string of the molecule is N#CCN1C(=O)C2CCCC2C1=O. The Bertz CT molecular complexity index is 283. The zero-order chi connectivity index (χ0) is 9.42. The van der Waals surface area contributed by atoms with Crippen LogP contribution in [0.4, 0.5) is 0 Å². The lowest BCUT2D eigenvalue weighted by molar-refractivity contribution is -0.139. The van der Waals surface area contributed by atoms with E-state index in [2.05, 4.69) is 0 Å². The van der Waals surface area contributed by atoms with Gasteiger partial charge in [-0.25, -0.2) is 0 Å². The number of hydrogen-bond acceptors (Lipinski definition) is 3. The molecule has 0 bridgehead atoms. The molecule has 0 aromatic carbocycles. The minimum atomic E-state index is -0.131. The van der Waals surface area contributed by atoms with E-state index in [1.54, 1.807) is 0 Å². The van der Waals surface area contributed by atoms with E-state index in [1.165, 1.54) is 0 Å². The summed E-state index contributed by atoms with van der Waals surface area (Å²) < 4.78 is 0. The molecule has 0 spiro atoms. The van der Waals surface area contributed by atoms with Crippen LogP contribution in [0.3, 0.4) is 0 Å². The van der Waals surface area contributed by atoms with Crippen LogP contribution >= 0.6 is 0 Å². The summed E-state index contributed by atoms with van der Waals surface area (Å²) in [4.78, 5) is 24.2. The second kappa shape index (κ2) is 2.84. The summed E-state index contributed by atoms with van der Waals surface area (Å²) in [7, 11) is 0. The topological polar surface area (TPSA) is 61.2 Å². The van der Waals surface area contributed by atoms with Crippen LogP contribution in [-0.2, 0) is 9.59 Å². The van der Waals surface area contributed by atoms with Crippen molar-refractivity contribution in [3.05, 3.63) is 0 Å². The minimum Gasteiger partial charge on any atom is -0.274 e. The molecule has 13 heavy (non-hydrogen) atoms. The molecule has 1 saturated carbocycles. The Morgan fingerprint density at radius 3 is 2.31 bits per heavy atom. The van der Waals surface area contributed by atoms with Crippen molar-refractivity contribution >= 4 is 11.8 Å². The zero-order valence-corrected chi connectivity index (χ0v) is 7.19. The van der Waals surface area contributed by atoms with Gasteiger partial charge in [0.2, 0.25) is 11.8 Å². The number of rotatable bonds is 1. The molecule has 0 aromatic rings. The lowest BCUT2D eigenvalue weighted by atomic mass is 10.00. The maximum atomic E-state index is 11.5. The number of carbonyl (C=O) groups is 2. The average molecular weight is 178 g/mol. The Morgan fingerprint density at radius 2 is 1.85 bits per heavy atom. The van der Waals surface area contributed by atoms with Gasteiger partial charge in [-0.3, -0.25) is 14.5 Å². The Morgan fingerprint density at radius 1 is 1.31 bits per heavy atom. The third-order valence-electron chi connectivity index (χ3n) is 2.91. The maximum absolute atomic E-state index is 11.5. The van der Waals surface area contributed by atoms with Gasteiger partial charge < -0.3 is 0 Å². The van der Waals surface area contributed by atoms with Crippen LogP contribution in [0.25, 0.3) is 0 Å². The van der Waals surface area contributed by atoms with Crippen LogP contribution in [0.2, 0.25) is 0 Å². The summed E-state index contributed by atoms with van der Waals surface area (Å²) >= 11 is 0. The fraction of sp³-hybridized carbons (Fsp3) is 0.667. The monoisotopic (exact) mass is 178 g/mol. The third kappa shape index (κ3) is 1.04. The quantitative estimate of drug-likeness (QED) is 0.428. The molecule has 68 valence electrons. The van der Waals surface area contributed by atoms with E-state index in [0.717, 1.165) is 24.2 Å². The summed E-state index contributed by atoms with van der Waals surface area (Å²) in [6.07, 6.45) is 2.60. The fourth-order valence-electron chi connectivity index (χ4n) is 2.29. The third-order valence-corrected chi connectivity index (χ3v) is 2.91. The van der Waals surface area contributed by atoms with Gasteiger partial charge in [-0.05, 0) is 12.8 Å². The van der Waals surface area contributed by atoms with Crippen molar-refractivity contribution in [3.8, 4) is 6.07 Å². The van der Waals surface area contributed by atoms with E-state index in [1.807, 2.05) is 6.07 Å². The highest BCUT2D eigenvalue weighted by Crippen LogP contribution is 2.39. The molecule has 2 rings (SSSR count). The highest BCUT2D eigenvalue weighted by atomic mass is 16.2. The predicted octanol–water partition coefficient (Wildman–Crippen LogP) is 0.295. The zero-order valence-electron chi connectivity index (χ0n) is 7.19. The van der Waals surface area contributed by atoms with Gasteiger partial charge in [-0.2, -0.15) is 5.26 Å². The van der Waals surface area contributed by atoms with E-state index >= 15 is 0 Å². The molecule has 2 unspecified atom stereocenters. The highest BCUT2D eigenvalue weighted by molar-refractivity contribution is 6.05. The summed E-state index contributed by atoms with van der Waals surface area (Å²) in [5.41, 5.74) is 0. The van der Waals surface area contributed by atoms with Gasteiger partial charge in [0.25, 0.3) is 0 Å². The van der Waals surface area contributed by atoms with Crippen LogP contribution < -0.4 is 0 Å². The lowest BCUT2D eigenvalue weighted by Crippen LogP contribution is -2.31. The van der Waals surface area contributed by atoms with Gasteiger partial charge >= 0.3 is 0 Å². The molecule has 2 atom stereocenters. The Balaban J connectivity index is 2.22. The van der Waals surface area contributed by atoms with Gasteiger partial charge in [0.05, 0.1) is 17.9 Å². The molecule has 0 N–H and O–H groups in total. The van der Waals surface area contributed by atoms with Gasteiger partial charge in [-0.1, -0.05) is 6.42 Å². The first kappa shape index (κ1) is 8.24. The van der Waals surface area contributed by atoms with Gasteiger partial charge in [0.1, 0.15) is 6.54 Å². The van der Waals surface area contributed by atoms with Crippen molar-refractivity contribution in [1.29, 1.82) is 5.26 Å². The van der Waals surface area contributed by atoms with E-state index in [-0.39, 0.29) is 30.2 Å². The molecule has 2 amide bonds. The Labute approximate surface area is 76.1 Å². The number of imide groups is 1. The van der Waals surface area contributed by atoms with E-state index in [9.17, 15) is 9.59 Å². The maximum Gasteiger partial charge on any atom is 0.234 e. The normalized spacial score (nSPS) is 32.1. The van der Waals surface area contributed by atoms with Crippen LogP contribution in [-0.4, -0.2) is 23.3 Å². The summed E-state index contributed by atoms with van der Waals surface area (Å²) in [5, 5.41) is 8.43. The molecule has 4 nitrogen and oxygen atoms in total. The Hall–Kier alpha value is -1.37. The van der Waals surface area contributed by atoms with Crippen molar-refractivity contribution in [2.75, 3.05) is 6.54 Å². The summed E-state index contributed by atoms with van der Waals surface area (Å²) in [6.45, 7) is -0.0787. The second-order valence-electron chi connectivity index (χ2n) is 3.56. The molecule has 2 fully saturated rings. The van der Waals surface area contributed by atoms with Crippen molar-refractivity contribution in [2.24, 2.45) is 11.8 Å². The van der Waals surface area contributed by atoms with E-state index in [4.69, 9.17) is 5.26 Å². The number of fused-ring (bicyclic) bond motifs is 1. The number of nitrogens with zero attached hydrogens (tertiary/aromatic N) is 2. The number of likely N-dealkylation sites (tertiary alicyclic amines) is 1. The van der Waals surface area contributed by atoms with E-state index < -0.39 is 0 Å². The van der Waals surface area contributed by atoms with Crippen LogP contribution in [0, 0.1) is 23.2 Å². The molecular formula is C9H10N2O2. The van der Waals surface area contributed by atoms with Gasteiger partial charge in [0, 0.05) is 0 Å². The number of amides is 2. The summed E-state index contributed by atoms with van der Waals surface area (Å²) in [5.74, 6) is -0.482. The predicted molar refractivity (Wildman–Crippen MR) is 43.2 cm³/mol. The highest BCUT2D eigenvalue weighted by Gasteiger charge is 2.49. The molecular weight excluding hydrogens is 168 g/mol. The lowest BCUT2D eigenvalue weighted by Gasteiger charge is -2.10. The number of nitriles is 1. The fourth-order valence-corrected chi connectivity index (χ4v) is 2.29. The van der Waals surface area contributed by atoms with Gasteiger partial charge in [0.15, 0.2) is 0 Å². The molecule has 1 aliphatic heterocycles. The van der Waals surface area contributed by atoms with Crippen molar-refractivity contribution < 1.29 is 9.59 Å². The molecule has 1 aliphatic carbocycles. The molecule has 2 aliphatic rings. The van der Waals surface area contributed by atoms with Crippen molar-refractivity contribution in [3.63, 3.8) is 0 Å². The Kier molecular flexibility index (Phi) is 1.80. The largest absolute Gasteiger partial charge is 0.274 e. The van der Waals surface area contributed by atoms with Gasteiger partial charge in [-0.15, -0.1) is 0 Å². The van der Waals surface area contributed by atoms with Crippen molar-refractivity contribution in [2.45, 2.75) is 19.3 Å². The smallest absolute Gasteiger partial charge is 0.234 e. The first-order valence-electron chi connectivity index (χ1n) is 4.48. The first-order valence-corrected chi connectivity index (χ1v) is 4.48. The second-order valence-corrected chi connectivity index (χ2v) is 3.56. The van der Waals surface area contributed by atoms with Crippen LogP contribution in [0.15, 0.2) is 0 Å². The van der Waals surface area contributed by atoms with Crippen molar-refractivity contribution in [1.82, 2.24) is 4.90 Å². The van der Waals surface area contributed by atoms with E-state index in [0.29, 0.717) is 0 Å². The minimum absolute atomic E-state index is 0.0787. The molecule has 1 saturated heterocycles. The summed E-state index contributed by atoms with van der Waals surface area (Å²) in [6, 6.07) is 1.84. The number of hydrogen-bond donors (Lipinski definition) is 0. The number of carbonyl (C=O) groups excluding carboxylic acids is 2. The molecule has 0 aromatic heterocycles. The van der Waals surface area contributed by atoms with Crippen LogP contribution in [0.1, 0.15) is 19.3 Å². The standard InChI is InChI=1S/C9H10N2O2/c10-4-5-11-8(12)6-2-1-3-7(6)9(11)13/h6-7H,1-3,5H2.